The van der Waals surface area contributed by atoms with Gasteiger partial charge in [-0.2, -0.15) is 0 Å². The first-order chi connectivity index (χ1) is 11.3. The van der Waals surface area contributed by atoms with Crippen LogP contribution in [-0.4, -0.2) is 28.2 Å². The fraction of sp³-hybridized carbons (Fsp3) is 0.444. The molecule has 0 radical (unpaired) electrons. The topological polar surface area (TPSA) is 53.4 Å². The number of carbonyl (C=O) groups is 1. The van der Waals surface area contributed by atoms with E-state index < -0.39 is 0 Å². The van der Waals surface area contributed by atoms with E-state index in [1.165, 1.54) is 0 Å². The molecule has 23 heavy (non-hydrogen) atoms. The van der Waals surface area contributed by atoms with Crippen molar-refractivity contribution in [1.82, 2.24) is 9.55 Å². The second kappa shape index (κ2) is 7.31. The van der Waals surface area contributed by atoms with Crippen LogP contribution >= 0.6 is 0 Å². The van der Waals surface area contributed by atoms with Crippen molar-refractivity contribution in [3.8, 4) is 5.75 Å². The highest BCUT2D eigenvalue weighted by molar-refractivity contribution is 5.86. The zero-order chi connectivity index (χ0) is 16.1. The maximum Gasteiger partial charge on any atom is 0.358 e. The van der Waals surface area contributed by atoms with Gasteiger partial charge in [-0.3, -0.25) is 0 Å². The molecule has 0 atom stereocenters. The number of imidazole rings is 1. The summed E-state index contributed by atoms with van der Waals surface area (Å²) >= 11 is 0. The molecule has 0 spiro atoms. The Balaban J connectivity index is 1.54. The van der Waals surface area contributed by atoms with Gasteiger partial charge in [0.1, 0.15) is 5.75 Å². The Morgan fingerprint density at radius 1 is 1.22 bits per heavy atom. The van der Waals surface area contributed by atoms with Gasteiger partial charge in [0.15, 0.2) is 5.69 Å². The zero-order valence-corrected chi connectivity index (χ0v) is 13.4. The van der Waals surface area contributed by atoms with Gasteiger partial charge in [-0.1, -0.05) is 18.2 Å². The quantitative estimate of drug-likeness (QED) is 0.791. The zero-order valence-electron chi connectivity index (χ0n) is 13.4. The van der Waals surface area contributed by atoms with Gasteiger partial charge in [0.2, 0.25) is 0 Å². The van der Waals surface area contributed by atoms with Crippen LogP contribution in [0.25, 0.3) is 0 Å². The van der Waals surface area contributed by atoms with Crippen LogP contribution in [0, 0.1) is 0 Å². The number of hydrogen-bond acceptors (Lipinski definition) is 4. The molecule has 1 aromatic heterocycles. The minimum Gasteiger partial charge on any atom is -0.490 e. The van der Waals surface area contributed by atoms with Crippen LogP contribution in [0.3, 0.4) is 0 Å². The van der Waals surface area contributed by atoms with Gasteiger partial charge in [0.05, 0.1) is 19.0 Å². The van der Waals surface area contributed by atoms with E-state index in [4.69, 9.17) is 9.47 Å². The predicted molar refractivity (Wildman–Crippen MR) is 86.5 cm³/mol. The molecule has 0 aliphatic heterocycles. The number of aromatic nitrogens is 2. The van der Waals surface area contributed by atoms with E-state index in [1.807, 2.05) is 34.9 Å². The lowest BCUT2D eigenvalue weighted by Crippen LogP contribution is -2.25. The Bertz CT molecular complexity index is 631. The van der Waals surface area contributed by atoms with Gasteiger partial charge in [0, 0.05) is 12.2 Å². The molecule has 0 unspecified atom stereocenters. The van der Waals surface area contributed by atoms with Crippen molar-refractivity contribution in [2.45, 2.75) is 44.8 Å². The Morgan fingerprint density at radius 3 is 2.65 bits per heavy atom. The standard InChI is InChI=1S/C18H22N2O3/c1-2-22-18(21)17-12-20(13-19-17)14-8-10-16(11-9-14)23-15-6-4-3-5-7-15/h3-7,12-14,16H,2,8-11H2,1H3/t14-,16-. The third-order valence-electron chi connectivity index (χ3n) is 4.20. The van der Waals surface area contributed by atoms with E-state index in [-0.39, 0.29) is 12.1 Å². The molecule has 1 aliphatic carbocycles. The lowest BCUT2D eigenvalue weighted by Gasteiger charge is -2.29. The van der Waals surface area contributed by atoms with Gasteiger partial charge in [0.25, 0.3) is 0 Å². The maximum absolute atomic E-state index is 11.7. The Kier molecular flexibility index (Phi) is 4.95. The van der Waals surface area contributed by atoms with Crippen LogP contribution in [0.4, 0.5) is 0 Å². The third-order valence-corrected chi connectivity index (χ3v) is 4.20. The fourth-order valence-corrected chi connectivity index (χ4v) is 3.00. The molecule has 5 nitrogen and oxygen atoms in total. The van der Waals surface area contributed by atoms with E-state index in [0.29, 0.717) is 18.3 Å². The molecule has 3 rings (SSSR count). The Hall–Kier alpha value is -2.30. The molecule has 1 saturated carbocycles. The first-order valence-electron chi connectivity index (χ1n) is 8.18. The molecule has 2 aromatic rings. The first-order valence-corrected chi connectivity index (χ1v) is 8.18. The molecule has 0 N–H and O–H groups in total. The highest BCUT2D eigenvalue weighted by Gasteiger charge is 2.24. The van der Waals surface area contributed by atoms with Crippen molar-refractivity contribution in [2.24, 2.45) is 0 Å². The summed E-state index contributed by atoms with van der Waals surface area (Å²) in [6.45, 7) is 2.16. The minimum atomic E-state index is -0.354. The van der Waals surface area contributed by atoms with Crippen molar-refractivity contribution in [2.75, 3.05) is 6.61 Å². The van der Waals surface area contributed by atoms with Crippen LogP contribution < -0.4 is 4.74 Å². The second-order valence-electron chi connectivity index (χ2n) is 5.79. The van der Waals surface area contributed by atoms with E-state index in [9.17, 15) is 4.79 Å². The highest BCUT2D eigenvalue weighted by atomic mass is 16.5. The fourth-order valence-electron chi connectivity index (χ4n) is 3.00. The summed E-state index contributed by atoms with van der Waals surface area (Å²) in [5.41, 5.74) is 0.384. The van der Waals surface area contributed by atoms with Gasteiger partial charge in [-0.15, -0.1) is 0 Å². The number of nitrogens with zero attached hydrogens (tertiary/aromatic N) is 2. The summed E-state index contributed by atoms with van der Waals surface area (Å²) in [6, 6.07) is 10.3. The summed E-state index contributed by atoms with van der Waals surface area (Å²) in [4.78, 5) is 15.8. The van der Waals surface area contributed by atoms with Crippen molar-refractivity contribution in [1.29, 1.82) is 0 Å². The summed E-state index contributed by atoms with van der Waals surface area (Å²) in [5, 5.41) is 0. The van der Waals surface area contributed by atoms with Crippen molar-refractivity contribution in [3.05, 3.63) is 48.5 Å². The molecule has 0 amide bonds. The number of carbonyl (C=O) groups excluding carboxylic acids is 1. The number of benzene rings is 1. The van der Waals surface area contributed by atoms with Gasteiger partial charge < -0.3 is 14.0 Å². The summed E-state index contributed by atoms with van der Waals surface area (Å²) < 4.78 is 13.0. The number of ether oxygens (including phenoxy) is 2. The molecule has 1 fully saturated rings. The molecular formula is C18H22N2O3. The normalized spacial score (nSPS) is 20.9. The van der Waals surface area contributed by atoms with Crippen molar-refractivity contribution in [3.63, 3.8) is 0 Å². The van der Waals surface area contributed by atoms with Crippen LogP contribution in [0.1, 0.15) is 49.1 Å². The Labute approximate surface area is 136 Å². The minimum absolute atomic E-state index is 0.265. The van der Waals surface area contributed by atoms with Crippen molar-refractivity contribution < 1.29 is 14.3 Å². The molecular weight excluding hydrogens is 292 g/mol. The molecule has 1 aliphatic rings. The van der Waals surface area contributed by atoms with Gasteiger partial charge >= 0.3 is 5.97 Å². The van der Waals surface area contributed by atoms with E-state index in [2.05, 4.69) is 4.98 Å². The monoisotopic (exact) mass is 314 g/mol. The molecule has 0 bridgehead atoms. The van der Waals surface area contributed by atoms with Gasteiger partial charge in [-0.05, 0) is 44.7 Å². The lowest BCUT2D eigenvalue weighted by atomic mass is 9.93. The smallest absolute Gasteiger partial charge is 0.358 e. The number of para-hydroxylation sites is 1. The molecule has 1 heterocycles. The van der Waals surface area contributed by atoms with Crippen molar-refractivity contribution >= 4 is 5.97 Å². The number of esters is 1. The Morgan fingerprint density at radius 2 is 1.96 bits per heavy atom. The predicted octanol–water partition coefficient (Wildman–Crippen LogP) is 3.62. The first kappa shape index (κ1) is 15.6. The number of rotatable bonds is 5. The third kappa shape index (κ3) is 3.92. The maximum atomic E-state index is 11.7. The van der Waals surface area contributed by atoms with Crippen LogP contribution in [0.2, 0.25) is 0 Å². The van der Waals surface area contributed by atoms with E-state index >= 15 is 0 Å². The van der Waals surface area contributed by atoms with E-state index in [1.54, 1.807) is 19.4 Å². The van der Waals surface area contributed by atoms with Crippen LogP contribution in [0.5, 0.6) is 5.75 Å². The summed E-state index contributed by atoms with van der Waals surface area (Å²) in [6.07, 6.45) is 7.85. The highest BCUT2D eigenvalue weighted by Crippen LogP contribution is 2.31. The lowest BCUT2D eigenvalue weighted by molar-refractivity contribution is 0.0519. The largest absolute Gasteiger partial charge is 0.490 e. The molecule has 122 valence electrons. The number of hydrogen-bond donors (Lipinski definition) is 0. The molecule has 1 aromatic carbocycles. The van der Waals surface area contributed by atoms with E-state index in [0.717, 1.165) is 31.4 Å². The SMILES string of the molecule is CCOC(=O)c1cn([C@H]2CC[C@H](Oc3ccccc3)CC2)cn1. The summed E-state index contributed by atoms with van der Waals surface area (Å²) in [5.74, 6) is 0.579. The summed E-state index contributed by atoms with van der Waals surface area (Å²) in [7, 11) is 0. The van der Waals surface area contributed by atoms with Crippen LogP contribution in [0.15, 0.2) is 42.9 Å². The van der Waals surface area contributed by atoms with Crippen LogP contribution in [-0.2, 0) is 4.74 Å². The second-order valence-corrected chi connectivity index (χ2v) is 5.79. The average molecular weight is 314 g/mol. The average Bonchev–Trinajstić information content (AvgIpc) is 3.07. The molecule has 0 saturated heterocycles. The van der Waals surface area contributed by atoms with Gasteiger partial charge in [-0.25, -0.2) is 9.78 Å². The molecule has 5 heteroatoms.